The number of hydrogen-bond donors (Lipinski definition) is 2. The SMILES string of the molecule is C=[N+]=C(N)OCC[C@@H]1c2cc(NC(=O)c3ccc(Cl)cn3)ccc2Oc2c1cc(C1=CCCOC1)nc2F. The van der Waals surface area contributed by atoms with E-state index in [4.69, 9.17) is 31.5 Å². The zero-order valence-corrected chi connectivity index (χ0v) is 21.0. The van der Waals surface area contributed by atoms with Crippen LogP contribution in [0.15, 0.2) is 48.7 Å². The number of hydrogen-bond acceptors (Lipinski definition) is 6. The van der Waals surface area contributed by atoms with Gasteiger partial charge in [-0.1, -0.05) is 17.7 Å². The number of amides is 1. The first-order valence-corrected chi connectivity index (χ1v) is 12.2. The number of halogens is 2. The molecule has 2 aromatic heterocycles. The van der Waals surface area contributed by atoms with Crippen LogP contribution in [0.3, 0.4) is 0 Å². The first kappa shape index (κ1) is 25.4. The van der Waals surface area contributed by atoms with Gasteiger partial charge >= 0.3 is 6.02 Å². The molecule has 11 heteroatoms. The topological polar surface area (TPSA) is 123 Å². The Kier molecular flexibility index (Phi) is 7.37. The number of nitrogens with one attached hydrogen (secondary N) is 1. The van der Waals surface area contributed by atoms with Gasteiger partial charge in [0.15, 0.2) is 12.5 Å². The third kappa shape index (κ3) is 5.38. The molecule has 0 fully saturated rings. The van der Waals surface area contributed by atoms with Gasteiger partial charge < -0.3 is 19.5 Å². The van der Waals surface area contributed by atoms with E-state index in [1.165, 1.54) is 12.3 Å². The predicted molar refractivity (Wildman–Crippen MR) is 142 cm³/mol. The smallest absolute Gasteiger partial charge is 0.452 e. The summed E-state index contributed by atoms with van der Waals surface area (Å²) < 4.78 is 35.8. The Labute approximate surface area is 222 Å². The molecule has 1 amide bonds. The lowest BCUT2D eigenvalue weighted by molar-refractivity contribution is 0.102. The van der Waals surface area contributed by atoms with E-state index < -0.39 is 11.9 Å². The van der Waals surface area contributed by atoms with Gasteiger partial charge in [-0.05, 0) is 54.8 Å². The molecule has 5 rings (SSSR count). The van der Waals surface area contributed by atoms with Gasteiger partial charge in [0.1, 0.15) is 11.4 Å². The van der Waals surface area contributed by atoms with E-state index in [-0.39, 0.29) is 30.0 Å². The van der Waals surface area contributed by atoms with Gasteiger partial charge in [0, 0.05) is 28.9 Å². The molecular formula is C27H24ClFN5O4+. The highest BCUT2D eigenvalue weighted by Gasteiger charge is 2.32. The molecule has 0 saturated carbocycles. The molecule has 3 N–H and O–H groups in total. The lowest BCUT2D eigenvalue weighted by Crippen LogP contribution is -2.22. The molecule has 3 aromatic rings. The Bertz CT molecular complexity index is 1470. The minimum Gasteiger partial charge on any atom is -0.452 e. The van der Waals surface area contributed by atoms with Crippen molar-refractivity contribution in [3.05, 3.63) is 82.2 Å². The number of fused-ring (bicyclic) bond motifs is 2. The van der Waals surface area contributed by atoms with E-state index >= 15 is 4.39 Å². The van der Waals surface area contributed by atoms with Crippen LogP contribution in [0.25, 0.3) is 5.57 Å². The van der Waals surface area contributed by atoms with Gasteiger partial charge in [-0.3, -0.25) is 4.79 Å². The minimum absolute atomic E-state index is 0.0459. The summed E-state index contributed by atoms with van der Waals surface area (Å²) in [6.07, 6.45) is 4.53. The van der Waals surface area contributed by atoms with E-state index in [1.807, 2.05) is 12.1 Å². The molecular weight excluding hydrogens is 513 g/mol. The Morgan fingerprint density at radius 1 is 1.29 bits per heavy atom. The molecule has 2 aliphatic rings. The summed E-state index contributed by atoms with van der Waals surface area (Å²) in [5, 5.41) is 3.27. The van der Waals surface area contributed by atoms with Crippen LogP contribution in [0.2, 0.25) is 5.02 Å². The quantitative estimate of drug-likeness (QED) is 0.211. The van der Waals surface area contributed by atoms with Crippen LogP contribution in [0, 0.1) is 5.95 Å². The second-order valence-corrected chi connectivity index (χ2v) is 9.08. The van der Waals surface area contributed by atoms with Crippen molar-refractivity contribution in [1.82, 2.24) is 14.6 Å². The number of amidine groups is 1. The van der Waals surface area contributed by atoms with Crippen molar-refractivity contribution in [3.63, 3.8) is 0 Å². The largest absolute Gasteiger partial charge is 0.544 e. The van der Waals surface area contributed by atoms with Gasteiger partial charge in [-0.2, -0.15) is 9.06 Å². The maximum atomic E-state index is 15.3. The highest BCUT2D eigenvalue weighted by molar-refractivity contribution is 6.30. The fourth-order valence-electron chi connectivity index (χ4n) is 4.39. The zero-order valence-electron chi connectivity index (χ0n) is 20.2. The molecule has 194 valence electrons. The number of benzene rings is 1. The molecule has 0 saturated heterocycles. The second kappa shape index (κ2) is 11.0. The molecule has 0 bridgehead atoms. The first-order valence-electron chi connectivity index (χ1n) is 11.9. The molecule has 1 atom stereocenters. The molecule has 38 heavy (non-hydrogen) atoms. The van der Waals surface area contributed by atoms with E-state index in [1.54, 1.807) is 24.3 Å². The Morgan fingerprint density at radius 2 is 2.16 bits per heavy atom. The summed E-state index contributed by atoms with van der Waals surface area (Å²) in [7, 11) is 0. The Hall–Kier alpha value is -4.24. The molecule has 9 nitrogen and oxygen atoms in total. The summed E-state index contributed by atoms with van der Waals surface area (Å²) in [6.45, 7) is 4.50. The maximum absolute atomic E-state index is 15.3. The standard InChI is InChI=1S/C27H23ClFN5O4/c1-31-27(30)37-10-8-18-19-11-17(33-26(35)21-6-4-16(28)13-32-21)5-7-23(19)38-24-20(18)12-22(34-25(24)29)15-3-2-9-36-14-15/h3-7,11-13,18,30H,1-2,8-10,14H2,(H,33,35)/p+1/t18-/m1/s1. The van der Waals surface area contributed by atoms with Crippen molar-refractivity contribution >= 4 is 41.5 Å². The lowest BCUT2D eigenvalue weighted by Gasteiger charge is -2.29. The van der Waals surface area contributed by atoms with Gasteiger partial charge in [0.25, 0.3) is 11.9 Å². The van der Waals surface area contributed by atoms with Crippen molar-refractivity contribution in [2.24, 2.45) is 5.73 Å². The van der Waals surface area contributed by atoms with Crippen molar-refractivity contribution in [2.45, 2.75) is 18.8 Å². The van der Waals surface area contributed by atoms with Gasteiger partial charge in [-0.25, -0.2) is 15.7 Å². The van der Waals surface area contributed by atoms with Crippen LogP contribution in [-0.4, -0.2) is 48.4 Å². The number of rotatable bonds is 6. The number of carbonyl (C=O) groups excluding carboxylic acids is 1. The molecule has 4 heterocycles. The average Bonchev–Trinajstić information content (AvgIpc) is 2.93. The average molecular weight is 537 g/mol. The monoisotopic (exact) mass is 536 g/mol. The number of pyridine rings is 2. The summed E-state index contributed by atoms with van der Waals surface area (Å²) in [5.74, 6) is -0.995. The summed E-state index contributed by atoms with van der Waals surface area (Å²) >= 11 is 5.88. The third-order valence-corrected chi connectivity index (χ3v) is 6.43. The second-order valence-electron chi connectivity index (χ2n) is 8.64. The van der Waals surface area contributed by atoms with Crippen LogP contribution >= 0.6 is 11.6 Å². The Balaban J connectivity index is 1.50. The molecule has 0 spiro atoms. The number of nitrogens with two attached hydrogens (primary N) is 1. The summed E-state index contributed by atoms with van der Waals surface area (Å²) in [5.41, 5.74) is 9.01. The van der Waals surface area contributed by atoms with Crippen LogP contribution < -0.4 is 20.5 Å². The summed E-state index contributed by atoms with van der Waals surface area (Å²) in [6, 6.07) is 10.0. The van der Waals surface area contributed by atoms with Gasteiger partial charge in [0.05, 0.1) is 30.5 Å². The van der Waals surface area contributed by atoms with Crippen LogP contribution in [0.5, 0.6) is 11.5 Å². The van der Waals surface area contributed by atoms with E-state index in [0.29, 0.717) is 47.4 Å². The van der Waals surface area contributed by atoms with Crippen molar-refractivity contribution in [1.29, 1.82) is 0 Å². The molecule has 2 aliphatic heterocycles. The molecule has 1 aromatic carbocycles. The predicted octanol–water partition coefficient (Wildman–Crippen LogP) is 4.05. The fraction of sp³-hybridized carbons (Fsp3) is 0.222. The van der Waals surface area contributed by atoms with Crippen molar-refractivity contribution in [2.75, 3.05) is 25.1 Å². The highest BCUT2D eigenvalue weighted by Crippen LogP contribution is 2.48. The summed E-state index contributed by atoms with van der Waals surface area (Å²) in [4.78, 5) is 20.9. The van der Waals surface area contributed by atoms with E-state index in [2.05, 4.69) is 26.7 Å². The normalized spacial score (nSPS) is 15.7. The van der Waals surface area contributed by atoms with Gasteiger partial charge in [-0.15, -0.1) is 0 Å². The fourth-order valence-corrected chi connectivity index (χ4v) is 4.51. The molecule has 0 radical (unpaired) electrons. The maximum Gasteiger partial charge on any atom is 0.544 e. The molecule has 0 aliphatic carbocycles. The zero-order chi connectivity index (χ0) is 26.6. The number of carbonyl (C=O) groups is 1. The van der Waals surface area contributed by atoms with Crippen LogP contribution in [0.4, 0.5) is 10.1 Å². The number of nitrogens with zero attached hydrogens (tertiary/aromatic N) is 3. The number of ether oxygens (including phenoxy) is 3. The first-order chi connectivity index (χ1) is 18.4. The number of aromatic nitrogens is 2. The van der Waals surface area contributed by atoms with Crippen molar-refractivity contribution in [3.8, 4) is 11.5 Å². The van der Waals surface area contributed by atoms with E-state index in [9.17, 15) is 4.79 Å². The highest BCUT2D eigenvalue weighted by atomic mass is 35.5. The van der Waals surface area contributed by atoms with E-state index in [0.717, 1.165) is 17.6 Å². The van der Waals surface area contributed by atoms with Gasteiger partial charge in [0.2, 0.25) is 0 Å². The lowest BCUT2D eigenvalue weighted by atomic mass is 9.85. The van der Waals surface area contributed by atoms with Crippen LogP contribution in [0.1, 0.15) is 46.1 Å². The Morgan fingerprint density at radius 3 is 2.89 bits per heavy atom. The van der Waals surface area contributed by atoms with Crippen LogP contribution in [-0.2, 0) is 9.47 Å². The number of anilines is 1. The molecule has 0 unspecified atom stereocenters. The minimum atomic E-state index is -0.717. The van der Waals surface area contributed by atoms with Crippen molar-refractivity contribution < 1.29 is 23.4 Å². The third-order valence-electron chi connectivity index (χ3n) is 6.20.